The van der Waals surface area contributed by atoms with Gasteiger partial charge in [-0.25, -0.2) is 0 Å². The van der Waals surface area contributed by atoms with Crippen molar-refractivity contribution in [2.24, 2.45) is 7.05 Å². The van der Waals surface area contributed by atoms with Gasteiger partial charge in [-0.3, -0.25) is 4.68 Å². The molecule has 2 unspecified atom stereocenters. The SMILES string of the molecule is CCOC(CC)C(CCc1cnn(C)c1)NC. The Morgan fingerprint density at radius 1 is 1.47 bits per heavy atom. The zero-order valence-corrected chi connectivity index (χ0v) is 11.4. The molecule has 0 saturated heterocycles. The molecule has 1 aromatic heterocycles. The van der Waals surface area contributed by atoms with Crippen LogP contribution < -0.4 is 5.32 Å². The van der Waals surface area contributed by atoms with Gasteiger partial charge >= 0.3 is 0 Å². The Labute approximate surface area is 104 Å². The summed E-state index contributed by atoms with van der Waals surface area (Å²) < 4.78 is 7.61. The van der Waals surface area contributed by atoms with Crippen LogP contribution in [0.15, 0.2) is 12.4 Å². The first kappa shape index (κ1) is 14.2. The van der Waals surface area contributed by atoms with E-state index in [1.807, 2.05) is 25.0 Å². The lowest BCUT2D eigenvalue weighted by Gasteiger charge is -2.25. The van der Waals surface area contributed by atoms with Crippen LogP contribution in [0.1, 0.15) is 32.3 Å². The van der Waals surface area contributed by atoms with Crippen molar-refractivity contribution >= 4 is 0 Å². The van der Waals surface area contributed by atoms with Crippen LogP contribution in [-0.2, 0) is 18.2 Å². The second-order valence-electron chi connectivity index (χ2n) is 4.36. The van der Waals surface area contributed by atoms with Crippen LogP contribution >= 0.6 is 0 Å². The van der Waals surface area contributed by atoms with Crippen molar-refractivity contribution in [2.75, 3.05) is 13.7 Å². The number of aryl methyl sites for hydroxylation is 2. The largest absolute Gasteiger partial charge is 0.377 e. The van der Waals surface area contributed by atoms with Crippen LogP contribution in [0.5, 0.6) is 0 Å². The van der Waals surface area contributed by atoms with Gasteiger partial charge in [0.1, 0.15) is 0 Å². The van der Waals surface area contributed by atoms with Crippen molar-refractivity contribution in [3.63, 3.8) is 0 Å². The van der Waals surface area contributed by atoms with E-state index < -0.39 is 0 Å². The molecule has 0 bridgehead atoms. The minimum absolute atomic E-state index is 0.307. The van der Waals surface area contributed by atoms with Crippen molar-refractivity contribution in [2.45, 2.75) is 45.3 Å². The van der Waals surface area contributed by atoms with E-state index in [1.165, 1.54) is 5.56 Å². The summed E-state index contributed by atoms with van der Waals surface area (Å²) in [5, 5.41) is 7.55. The van der Waals surface area contributed by atoms with Crippen molar-refractivity contribution in [3.8, 4) is 0 Å². The summed E-state index contributed by atoms with van der Waals surface area (Å²) in [7, 11) is 3.96. The van der Waals surface area contributed by atoms with Gasteiger partial charge in [0.2, 0.25) is 0 Å². The number of nitrogens with one attached hydrogen (secondary N) is 1. The van der Waals surface area contributed by atoms with E-state index in [1.54, 1.807) is 0 Å². The molecule has 4 nitrogen and oxygen atoms in total. The first-order valence-corrected chi connectivity index (χ1v) is 6.47. The second-order valence-corrected chi connectivity index (χ2v) is 4.36. The Morgan fingerprint density at radius 3 is 2.71 bits per heavy atom. The fourth-order valence-corrected chi connectivity index (χ4v) is 2.17. The fraction of sp³-hybridized carbons (Fsp3) is 0.769. The number of hydrogen-bond acceptors (Lipinski definition) is 3. The van der Waals surface area contributed by atoms with Crippen molar-refractivity contribution in [1.29, 1.82) is 0 Å². The predicted octanol–water partition coefficient (Wildman–Crippen LogP) is 1.76. The van der Waals surface area contributed by atoms with Crippen LogP contribution in [0.2, 0.25) is 0 Å². The Morgan fingerprint density at radius 2 is 2.24 bits per heavy atom. The molecule has 17 heavy (non-hydrogen) atoms. The standard InChI is InChI=1S/C13H25N3O/c1-5-13(17-6-2)12(14-3)8-7-11-9-15-16(4)10-11/h9-10,12-14H,5-8H2,1-4H3. The van der Waals surface area contributed by atoms with E-state index in [0.29, 0.717) is 12.1 Å². The van der Waals surface area contributed by atoms with Gasteiger partial charge in [-0.2, -0.15) is 5.10 Å². The van der Waals surface area contributed by atoms with Gasteiger partial charge in [-0.15, -0.1) is 0 Å². The average molecular weight is 239 g/mol. The minimum Gasteiger partial charge on any atom is -0.377 e. The van der Waals surface area contributed by atoms with E-state index >= 15 is 0 Å². The average Bonchev–Trinajstić information content (AvgIpc) is 2.74. The zero-order valence-electron chi connectivity index (χ0n) is 11.4. The molecule has 1 aromatic rings. The van der Waals surface area contributed by atoms with Gasteiger partial charge in [-0.1, -0.05) is 6.92 Å². The summed E-state index contributed by atoms with van der Waals surface area (Å²) in [5.74, 6) is 0. The number of rotatable bonds is 8. The smallest absolute Gasteiger partial charge is 0.0725 e. The highest BCUT2D eigenvalue weighted by atomic mass is 16.5. The van der Waals surface area contributed by atoms with E-state index in [0.717, 1.165) is 25.9 Å². The van der Waals surface area contributed by atoms with Crippen molar-refractivity contribution in [1.82, 2.24) is 15.1 Å². The molecular weight excluding hydrogens is 214 g/mol. The Bertz CT molecular complexity index is 311. The van der Waals surface area contributed by atoms with Gasteiger partial charge in [0, 0.05) is 25.9 Å². The first-order valence-electron chi connectivity index (χ1n) is 6.47. The topological polar surface area (TPSA) is 39.1 Å². The molecule has 0 aromatic carbocycles. The van der Waals surface area contributed by atoms with E-state index in [4.69, 9.17) is 4.74 Å². The molecule has 0 amide bonds. The molecule has 1 heterocycles. The fourth-order valence-electron chi connectivity index (χ4n) is 2.17. The molecule has 98 valence electrons. The summed E-state index contributed by atoms with van der Waals surface area (Å²) in [6, 6.07) is 0.417. The highest BCUT2D eigenvalue weighted by Gasteiger charge is 2.18. The zero-order chi connectivity index (χ0) is 12.7. The third-order valence-corrected chi connectivity index (χ3v) is 3.11. The summed E-state index contributed by atoms with van der Waals surface area (Å²) in [5.41, 5.74) is 1.29. The second kappa shape index (κ2) is 7.45. The molecule has 0 radical (unpaired) electrons. The summed E-state index contributed by atoms with van der Waals surface area (Å²) in [4.78, 5) is 0. The molecule has 0 saturated carbocycles. The van der Waals surface area contributed by atoms with Crippen LogP contribution in [0, 0.1) is 0 Å². The van der Waals surface area contributed by atoms with Crippen LogP contribution in [-0.4, -0.2) is 35.6 Å². The van der Waals surface area contributed by atoms with E-state index in [-0.39, 0.29) is 0 Å². The molecule has 2 atom stereocenters. The Kier molecular flexibility index (Phi) is 6.22. The van der Waals surface area contributed by atoms with Crippen LogP contribution in [0.3, 0.4) is 0 Å². The molecule has 4 heteroatoms. The van der Waals surface area contributed by atoms with Gasteiger partial charge in [0.05, 0.1) is 12.3 Å². The van der Waals surface area contributed by atoms with Gasteiger partial charge in [-0.05, 0) is 38.8 Å². The molecule has 0 fully saturated rings. The summed E-state index contributed by atoms with van der Waals surface area (Å²) in [6.45, 7) is 5.01. The normalized spacial score (nSPS) is 14.8. The third-order valence-electron chi connectivity index (χ3n) is 3.11. The monoisotopic (exact) mass is 239 g/mol. The van der Waals surface area contributed by atoms with E-state index in [9.17, 15) is 0 Å². The summed E-state index contributed by atoms with van der Waals surface area (Å²) in [6.07, 6.45) is 7.50. The Hall–Kier alpha value is -0.870. The number of hydrogen-bond donors (Lipinski definition) is 1. The highest BCUT2D eigenvalue weighted by Crippen LogP contribution is 2.11. The van der Waals surface area contributed by atoms with Crippen LogP contribution in [0.4, 0.5) is 0 Å². The number of nitrogens with zero attached hydrogens (tertiary/aromatic N) is 2. The van der Waals surface area contributed by atoms with Crippen molar-refractivity contribution in [3.05, 3.63) is 18.0 Å². The number of ether oxygens (including phenoxy) is 1. The molecule has 0 aliphatic rings. The van der Waals surface area contributed by atoms with Gasteiger partial charge in [0.15, 0.2) is 0 Å². The molecule has 0 aliphatic carbocycles. The Balaban J connectivity index is 2.45. The number of likely N-dealkylation sites (N-methyl/N-ethyl adjacent to an activating group) is 1. The maximum absolute atomic E-state index is 5.75. The minimum atomic E-state index is 0.307. The third kappa shape index (κ3) is 4.48. The molecule has 0 aliphatic heterocycles. The lowest BCUT2D eigenvalue weighted by molar-refractivity contribution is 0.0317. The van der Waals surface area contributed by atoms with Gasteiger partial charge in [0.25, 0.3) is 0 Å². The maximum atomic E-state index is 5.75. The molecule has 1 rings (SSSR count). The number of aromatic nitrogens is 2. The molecule has 1 N–H and O–H groups in total. The molecule has 0 spiro atoms. The highest BCUT2D eigenvalue weighted by molar-refractivity contribution is 5.04. The predicted molar refractivity (Wildman–Crippen MR) is 70.1 cm³/mol. The lowest BCUT2D eigenvalue weighted by atomic mass is 10.0. The summed E-state index contributed by atoms with van der Waals surface area (Å²) >= 11 is 0. The van der Waals surface area contributed by atoms with Crippen LogP contribution in [0.25, 0.3) is 0 Å². The molecular formula is C13H25N3O. The van der Waals surface area contributed by atoms with Crippen molar-refractivity contribution < 1.29 is 4.74 Å². The quantitative estimate of drug-likeness (QED) is 0.751. The first-order chi connectivity index (χ1) is 8.21. The maximum Gasteiger partial charge on any atom is 0.0725 e. The lowest BCUT2D eigenvalue weighted by Crippen LogP contribution is -2.39. The van der Waals surface area contributed by atoms with Gasteiger partial charge < -0.3 is 10.1 Å². The van der Waals surface area contributed by atoms with E-state index in [2.05, 4.69) is 30.5 Å².